The Balaban J connectivity index is 1.57. The van der Waals surface area contributed by atoms with Crippen molar-refractivity contribution >= 4 is 128 Å². The fourth-order valence-corrected chi connectivity index (χ4v) is 8.27. The van der Waals surface area contributed by atoms with E-state index in [0.717, 1.165) is 24.3 Å². The minimum absolute atomic E-state index is 0.0326. The molecule has 1 aromatic heterocycles. The number of sulfone groups is 1. The molecular weight excluding hydrogens is 938 g/mol. The lowest BCUT2D eigenvalue weighted by molar-refractivity contribution is -0.434. The summed E-state index contributed by atoms with van der Waals surface area (Å²) in [5.41, 5.74) is 4.41. The van der Waals surface area contributed by atoms with Gasteiger partial charge in [0.25, 0.3) is 20.2 Å². The van der Waals surface area contributed by atoms with Gasteiger partial charge in [-0.25, -0.2) is 18.9 Å². The first-order valence-corrected chi connectivity index (χ1v) is 21.6. The van der Waals surface area contributed by atoms with Gasteiger partial charge in [0.15, 0.2) is 27.9 Å². The van der Waals surface area contributed by atoms with Crippen molar-refractivity contribution in [3.8, 4) is 5.75 Å². The molecule has 0 atom stereocenters. The summed E-state index contributed by atoms with van der Waals surface area (Å²) in [6, 6.07) is 9.52. The molecule has 5 aromatic rings. The van der Waals surface area contributed by atoms with E-state index in [0.29, 0.717) is 6.07 Å². The van der Waals surface area contributed by atoms with Gasteiger partial charge in [-0.2, -0.15) is 31.8 Å². The second kappa shape index (κ2) is 19.3. The van der Waals surface area contributed by atoms with Crippen LogP contribution in [-0.4, -0.2) is 77.3 Å². The molecule has 1 heterocycles. The van der Waals surface area contributed by atoms with Crippen molar-refractivity contribution in [1.82, 2.24) is 15.0 Å². The van der Waals surface area contributed by atoms with E-state index in [1.165, 1.54) is 24.3 Å². The molecule has 314 valence electrons. The van der Waals surface area contributed by atoms with E-state index < -0.39 is 79.9 Å². The third kappa shape index (κ3) is 11.6. The number of benzene rings is 4. The molecule has 4 aromatic carbocycles. The van der Waals surface area contributed by atoms with Gasteiger partial charge >= 0.3 is 0 Å². The Labute approximate surface area is 348 Å². The van der Waals surface area contributed by atoms with E-state index in [9.17, 15) is 39.5 Å². The summed E-state index contributed by atoms with van der Waals surface area (Å²) >= 11 is 12.0. The number of nitrogen functional groups attached to an aromatic ring is 1. The van der Waals surface area contributed by atoms with Crippen LogP contribution in [0.15, 0.2) is 94.6 Å². The Morgan fingerprint density at radius 2 is 1.41 bits per heavy atom. The van der Waals surface area contributed by atoms with Crippen LogP contribution in [0.1, 0.15) is 0 Å². The molecule has 25 nitrogen and oxygen atoms in total. The molecule has 5 rings (SSSR count). The van der Waals surface area contributed by atoms with Crippen LogP contribution in [0.5, 0.6) is 5.75 Å². The second-order valence-corrected chi connectivity index (χ2v) is 17.5. The summed E-state index contributed by atoms with van der Waals surface area (Å²) < 4.78 is 108. The number of phenolic OH excluding ortho intramolecular Hbond substituents is 1. The van der Waals surface area contributed by atoms with Crippen molar-refractivity contribution in [2.75, 3.05) is 23.4 Å². The maximum Gasteiger partial charge on any atom is 0.296 e. The number of phenols is 1. The largest absolute Gasteiger partial charge is 0.505 e. The molecule has 0 aliphatic carbocycles. The van der Waals surface area contributed by atoms with Gasteiger partial charge in [0.05, 0.1) is 39.9 Å². The number of fused-ring (bicyclic) bond motifs is 1. The predicted molar refractivity (Wildman–Crippen MR) is 205 cm³/mol. The highest BCUT2D eigenvalue weighted by Gasteiger charge is 2.24. The number of hydrogen-bond donors (Lipinski definition) is 7. The highest BCUT2D eigenvalue weighted by atomic mass is 35.5. The molecule has 0 unspecified atom stereocenters. The third-order valence-electron chi connectivity index (χ3n) is 7.09. The molecule has 0 radical (unpaired) electrons. The molecule has 0 aliphatic rings. The van der Waals surface area contributed by atoms with Crippen LogP contribution in [0.3, 0.4) is 0 Å². The molecule has 32 heteroatoms. The zero-order valence-corrected chi connectivity index (χ0v) is 33.9. The summed E-state index contributed by atoms with van der Waals surface area (Å²) in [5.74, 6) is -1.55. The van der Waals surface area contributed by atoms with Gasteiger partial charge in [0.2, 0.25) is 16.5 Å². The lowest BCUT2D eigenvalue weighted by atomic mass is 10.1. The fraction of sp³-hybridized carbons (Fsp3) is 0.0741. The number of azo groups is 2. The third-order valence-corrected chi connectivity index (χ3v) is 11.9. The van der Waals surface area contributed by atoms with E-state index in [2.05, 4.69) is 59.5 Å². The molecule has 0 fully saturated rings. The van der Waals surface area contributed by atoms with E-state index in [1.54, 1.807) is 0 Å². The minimum atomic E-state index is -5.14. The van der Waals surface area contributed by atoms with Crippen LogP contribution in [0, 0.1) is 0 Å². The van der Waals surface area contributed by atoms with Crippen molar-refractivity contribution in [1.29, 1.82) is 0 Å². The second-order valence-electron chi connectivity index (χ2n) is 10.7. The lowest BCUT2D eigenvalue weighted by Crippen LogP contribution is -2.12. The molecule has 0 bridgehead atoms. The van der Waals surface area contributed by atoms with Crippen LogP contribution < -0.4 is 11.1 Å². The number of halogens is 2. The lowest BCUT2D eigenvalue weighted by Gasteiger charge is -2.12. The first kappa shape index (κ1) is 45.6. The van der Waals surface area contributed by atoms with Gasteiger partial charge in [-0.15, -0.1) is 29.1 Å². The van der Waals surface area contributed by atoms with Crippen LogP contribution >= 0.6 is 47.6 Å². The number of nitrogens with two attached hydrogens (primary N) is 1. The van der Waals surface area contributed by atoms with Crippen molar-refractivity contribution < 1.29 is 72.9 Å². The van der Waals surface area contributed by atoms with E-state index in [1.807, 2.05) is 0 Å². The Bertz CT molecular complexity index is 2790. The molecule has 8 N–H and O–H groups in total. The number of nitrogens with zero attached hydrogens (tertiary/aromatic N) is 7. The summed E-state index contributed by atoms with van der Waals surface area (Å²) in [4.78, 5) is 8.80. The van der Waals surface area contributed by atoms with Gasteiger partial charge in [-0.3, -0.25) is 13.3 Å². The Morgan fingerprint density at radius 3 is 2.07 bits per heavy atom. The number of aromatic hydroxyl groups is 1. The zero-order valence-electron chi connectivity index (χ0n) is 28.3. The Morgan fingerprint density at radius 1 is 0.746 bits per heavy atom. The van der Waals surface area contributed by atoms with Crippen molar-refractivity contribution in [3.63, 3.8) is 0 Å². The maximum atomic E-state index is 12.8. The van der Waals surface area contributed by atoms with E-state index >= 15 is 0 Å². The monoisotopic (exact) mass is 957 g/mol. The zero-order chi connectivity index (χ0) is 43.1. The molecule has 0 amide bonds. The van der Waals surface area contributed by atoms with Crippen LogP contribution in [0.2, 0.25) is 10.6 Å². The fourth-order valence-electron chi connectivity index (χ4n) is 4.66. The first-order valence-electron chi connectivity index (χ1n) is 14.9. The van der Waals surface area contributed by atoms with Gasteiger partial charge in [-0.1, -0.05) is 10.1 Å². The van der Waals surface area contributed by atoms with Crippen LogP contribution in [0.4, 0.5) is 40.1 Å². The smallest absolute Gasteiger partial charge is 0.296 e. The van der Waals surface area contributed by atoms with E-state index in [4.69, 9.17) is 43.6 Å². The molecule has 0 saturated heterocycles. The van der Waals surface area contributed by atoms with Gasteiger partial charge in [0.1, 0.15) is 32.5 Å². The Hall–Kier alpha value is -4.48. The molecule has 59 heavy (non-hydrogen) atoms. The summed E-state index contributed by atoms with van der Waals surface area (Å²) in [5, 5.41) is 53.2. The van der Waals surface area contributed by atoms with Crippen molar-refractivity contribution in [2.24, 2.45) is 20.5 Å². The van der Waals surface area contributed by atoms with Crippen molar-refractivity contribution in [3.05, 3.63) is 65.2 Å². The van der Waals surface area contributed by atoms with Gasteiger partial charge in [0, 0.05) is 16.5 Å². The average molecular weight is 959 g/mol. The minimum Gasteiger partial charge on any atom is -0.505 e. The standard InChI is InChI=1S/C27H21Cl2N9O16S5/c28-25-32-26(29)34-27(33-25)31-12-1-6-20(58(44,45)46)18(9-12)36-38-23-19(55-53-51-40)11-15-14(24(23)39)3-4-16(30)22(15)37-35-17-5-2-13(10-21(17)59(47,48)49)57(42,43)8-7-50-56-54-52-41/h1-6,9-11,39-41H,7-8,30H2,(H,44,45,46)(H,47,48,49)(H,31,32,33,34)/b37-35+,38-36+. The molecular formula is C27H21Cl2N9O16S5. The van der Waals surface area contributed by atoms with Gasteiger partial charge in [-0.05, 0) is 77.8 Å². The van der Waals surface area contributed by atoms with Gasteiger partial charge < -0.3 is 16.2 Å². The summed E-state index contributed by atoms with van der Waals surface area (Å²) in [7, 11) is -14.3. The SMILES string of the molecule is Nc1ccc2c(O)c(/N=N/c3cc(Nc4nc(Cl)nc(Cl)n4)ccc3S(=O)(=O)O)c(SOOO)cc2c1/N=N/c1ccc(S(=O)(=O)CCOSOOO)cc1S(=O)(=O)O. The molecule has 0 aliphatic heterocycles. The van der Waals surface area contributed by atoms with E-state index in [-0.39, 0.29) is 73.6 Å². The van der Waals surface area contributed by atoms with Crippen LogP contribution in [-0.2, 0) is 53.0 Å². The quantitative estimate of drug-likeness (QED) is 0.00893. The predicted octanol–water partition coefficient (Wildman–Crippen LogP) is 6.89. The van der Waals surface area contributed by atoms with Crippen molar-refractivity contribution in [2.45, 2.75) is 19.6 Å². The highest BCUT2D eigenvalue weighted by Crippen LogP contribution is 2.48. The average Bonchev–Trinajstić information content (AvgIpc) is 3.15. The molecule has 0 saturated carbocycles. The Kier molecular flexibility index (Phi) is 14.9. The number of hydrogen-bond acceptors (Lipinski definition) is 25. The normalized spacial score (nSPS) is 12.6. The highest BCUT2D eigenvalue weighted by molar-refractivity contribution is 7.94. The number of rotatable bonds is 18. The first-order chi connectivity index (χ1) is 27.8. The maximum absolute atomic E-state index is 12.8. The number of nitrogens with one attached hydrogen (secondary N) is 1. The summed E-state index contributed by atoms with van der Waals surface area (Å²) in [6.07, 6.45) is 0. The van der Waals surface area contributed by atoms with Crippen LogP contribution in [0.25, 0.3) is 10.8 Å². The number of anilines is 3. The summed E-state index contributed by atoms with van der Waals surface area (Å²) in [6.45, 7) is -0.504. The number of aromatic nitrogens is 3. The molecule has 0 spiro atoms. The topological polar surface area (TPSA) is 376 Å².